The summed E-state index contributed by atoms with van der Waals surface area (Å²) in [6, 6.07) is 4.55. The van der Waals surface area contributed by atoms with Crippen molar-refractivity contribution in [3.05, 3.63) is 34.7 Å². The summed E-state index contributed by atoms with van der Waals surface area (Å²) >= 11 is 1.31. The number of urea groups is 1. The van der Waals surface area contributed by atoms with E-state index in [0.717, 1.165) is 15.0 Å². The number of nitrogens with two attached hydrogens (primary N) is 1. The molecular formula is C13H10N3NaO6S2. The Labute approximate surface area is 168 Å². The molecule has 0 spiro atoms. The molecule has 0 unspecified atom stereocenters. The maximum atomic E-state index is 12.4. The molecule has 4 rings (SSSR count). The molecule has 0 radical (unpaired) electrons. The Morgan fingerprint density at radius 1 is 1.36 bits per heavy atom. The minimum Gasteiger partial charge on any atom is -0.724 e. The summed E-state index contributed by atoms with van der Waals surface area (Å²) in [7, 11) is -5.13. The van der Waals surface area contributed by atoms with Crippen molar-refractivity contribution in [1.29, 1.82) is 0 Å². The minimum atomic E-state index is -5.13. The molecule has 12 heteroatoms. The van der Waals surface area contributed by atoms with Crippen LogP contribution >= 0.6 is 11.3 Å². The van der Waals surface area contributed by atoms with Crippen molar-refractivity contribution < 1.29 is 56.4 Å². The van der Waals surface area contributed by atoms with Crippen LogP contribution in [0, 0.1) is 0 Å². The molecule has 2 aromatic rings. The van der Waals surface area contributed by atoms with Gasteiger partial charge in [0, 0.05) is 15.1 Å². The summed E-state index contributed by atoms with van der Waals surface area (Å²) in [5, 5.41) is 1.27. The first kappa shape index (κ1) is 18.6. The molecule has 126 valence electrons. The number of benzene rings is 1. The van der Waals surface area contributed by atoms with Crippen LogP contribution in [0.3, 0.4) is 0 Å². The molecule has 3 amide bonds. The first-order valence-electron chi connectivity index (χ1n) is 6.84. The topological polar surface area (TPSA) is 133 Å². The van der Waals surface area contributed by atoms with Gasteiger partial charge >= 0.3 is 35.6 Å². The quantitative estimate of drug-likeness (QED) is 0.353. The van der Waals surface area contributed by atoms with Gasteiger partial charge in [-0.05, 0) is 11.5 Å². The van der Waals surface area contributed by atoms with Gasteiger partial charge in [-0.2, -0.15) is 9.35 Å². The number of thiophene rings is 1. The van der Waals surface area contributed by atoms with Crippen LogP contribution in [0.15, 0.2) is 24.3 Å². The Bertz CT molecular complexity index is 991. The molecule has 1 aromatic carbocycles. The van der Waals surface area contributed by atoms with Crippen LogP contribution in [0.25, 0.3) is 10.1 Å². The third kappa shape index (κ3) is 2.85. The summed E-state index contributed by atoms with van der Waals surface area (Å²) < 4.78 is 38.0. The zero-order chi connectivity index (χ0) is 17.2. The molecule has 2 N–H and O–H groups in total. The molecular weight excluding hydrogens is 381 g/mol. The van der Waals surface area contributed by atoms with Gasteiger partial charge in [0.2, 0.25) is 16.3 Å². The summed E-state index contributed by atoms with van der Waals surface area (Å²) in [5.74, 6) is -0.738. The fraction of sp³-hybridized carbons (Fsp3) is 0.231. The monoisotopic (exact) mass is 391 g/mol. The van der Waals surface area contributed by atoms with Gasteiger partial charge in [-0.25, -0.2) is 13.2 Å². The van der Waals surface area contributed by atoms with E-state index in [0.29, 0.717) is 15.5 Å². The van der Waals surface area contributed by atoms with Gasteiger partial charge in [-0.1, -0.05) is 18.2 Å². The van der Waals surface area contributed by atoms with Gasteiger partial charge in [0.15, 0.2) is 0 Å². The molecule has 2 bridgehead atoms. The Morgan fingerprint density at radius 3 is 2.68 bits per heavy atom. The van der Waals surface area contributed by atoms with Crippen LogP contribution in [-0.4, -0.2) is 41.4 Å². The van der Waals surface area contributed by atoms with E-state index in [4.69, 9.17) is 5.73 Å². The van der Waals surface area contributed by atoms with Crippen molar-refractivity contribution in [3.8, 4) is 0 Å². The van der Waals surface area contributed by atoms with E-state index in [2.05, 4.69) is 4.28 Å². The smallest absolute Gasteiger partial charge is 0.724 e. The van der Waals surface area contributed by atoms with Crippen molar-refractivity contribution in [2.45, 2.75) is 12.1 Å². The van der Waals surface area contributed by atoms with E-state index in [1.165, 1.54) is 11.3 Å². The number of carbonyl (C=O) groups excluding carboxylic acids is 2. The number of hydrogen-bond donors (Lipinski definition) is 1. The van der Waals surface area contributed by atoms with E-state index in [-0.39, 0.29) is 36.1 Å². The van der Waals surface area contributed by atoms with Crippen LogP contribution in [0.4, 0.5) is 4.79 Å². The van der Waals surface area contributed by atoms with Crippen LogP contribution in [0.5, 0.6) is 0 Å². The molecule has 25 heavy (non-hydrogen) atoms. The fourth-order valence-corrected chi connectivity index (χ4v) is 4.93. The second-order valence-corrected chi connectivity index (χ2v) is 7.49. The van der Waals surface area contributed by atoms with Crippen molar-refractivity contribution in [2.75, 3.05) is 6.54 Å². The van der Waals surface area contributed by atoms with Crippen LogP contribution in [0.2, 0.25) is 0 Å². The molecule has 0 aliphatic carbocycles. The molecule has 0 saturated carbocycles. The zero-order valence-corrected chi connectivity index (χ0v) is 16.5. The van der Waals surface area contributed by atoms with Gasteiger partial charge in [0.25, 0.3) is 0 Å². The summed E-state index contributed by atoms with van der Waals surface area (Å²) in [6.07, 6.45) is 0. The molecule has 2 aliphatic heterocycles. The van der Waals surface area contributed by atoms with Gasteiger partial charge in [-0.15, -0.1) is 11.3 Å². The number of hydroxylamine groups is 2. The van der Waals surface area contributed by atoms with Crippen molar-refractivity contribution in [2.24, 2.45) is 5.73 Å². The Morgan fingerprint density at radius 2 is 2.04 bits per heavy atom. The Kier molecular flexibility index (Phi) is 4.60. The van der Waals surface area contributed by atoms with Crippen molar-refractivity contribution >= 4 is 43.8 Å². The van der Waals surface area contributed by atoms with Crippen LogP contribution in [-0.2, 0) is 19.5 Å². The number of nitrogens with zero attached hydrogens (tertiary/aromatic N) is 2. The number of hydrogen-bond acceptors (Lipinski definition) is 7. The number of rotatable bonds is 3. The molecule has 3 heterocycles. The normalized spacial score (nSPS) is 22.0. The van der Waals surface area contributed by atoms with Gasteiger partial charge < -0.3 is 15.2 Å². The third-order valence-electron chi connectivity index (χ3n) is 4.08. The van der Waals surface area contributed by atoms with E-state index in [9.17, 15) is 22.6 Å². The Balaban J connectivity index is 0.00000182. The van der Waals surface area contributed by atoms with Gasteiger partial charge in [0.05, 0.1) is 6.54 Å². The average molecular weight is 391 g/mol. The molecule has 1 saturated heterocycles. The molecule has 2 atom stereocenters. The number of fused-ring (bicyclic) bond motifs is 6. The number of primary amides is 1. The largest absolute Gasteiger partial charge is 1.00 e. The van der Waals surface area contributed by atoms with Gasteiger partial charge in [0.1, 0.15) is 12.1 Å². The van der Waals surface area contributed by atoms with Gasteiger partial charge in [-0.3, -0.25) is 4.79 Å². The SMILES string of the molecule is NC(=O)[C@@H]1c2c(sc3ccccc23)[C@H]2CN1C(=O)N2OS(=O)(=O)[O-].[Na+]. The first-order valence-corrected chi connectivity index (χ1v) is 8.99. The van der Waals surface area contributed by atoms with E-state index < -0.39 is 34.4 Å². The van der Waals surface area contributed by atoms with E-state index >= 15 is 0 Å². The minimum absolute atomic E-state index is 0. The fourth-order valence-electron chi connectivity index (χ4n) is 3.25. The number of carbonyl (C=O) groups is 2. The second kappa shape index (κ2) is 6.20. The van der Waals surface area contributed by atoms with Crippen molar-refractivity contribution in [3.63, 3.8) is 0 Å². The third-order valence-corrected chi connectivity index (χ3v) is 5.71. The summed E-state index contributed by atoms with van der Waals surface area (Å²) in [4.78, 5) is 26.1. The number of amides is 3. The van der Waals surface area contributed by atoms with E-state index in [1.807, 2.05) is 12.1 Å². The van der Waals surface area contributed by atoms with Crippen LogP contribution in [0.1, 0.15) is 22.5 Å². The molecule has 9 nitrogen and oxygen atoms in total. The van der Waals surface area contributed by atoms with E-state index in [1.54, 1.807) is 12.1 Å². The second-order valence-electron chi connectivity index (χ2n) is 5.44. The first-order chi connectivity index (χ1) is 11.3. The maximum absolute atomic E-state index is 12.4. The molecule has 2 aliphatic rings. The summed E-state index contributed by atoms with van der Waals surface area (Å²) in [5.41, 5.74) is 6.04. The average Bonchev–Trinajstić information content (AvgIpc) is 2.99. The molecule has 1 fully saturated rings. The summed E-state index contributed by atoms with van der Waals surface area (Å²) in [6.45, 7) is 0.0157. The molecule has 1 aromatic heterocycles. The zero-order valence-electron chi connectivity index (χ0n) is 12.9. The predicted molar refractivity (Wildman–Crippen MR) is 81.2 cm³/mol. The van der Waals surface area contributed by atoms with Crippen LogP contribution < -0.4 is 35.3 Å². The van der Waals surface area contributed by atoms with Crippen molar-refractivity contribution in [1.82, 2.24) is 9.96 Å². The standard InChI is InChI=1S/C13H11N3O6S2.Na/c14-12(17)10-9-6-3-1-2-4-8(6)23-11(9)7-5-15(10)13(18)16(7)22-24(19,20)21;/h1-4,7,10H,5H2,(H2,14,17)(H,19,20,21);/q;+1/p-1/t7-,10+;/m1./s1. The maximum Gasteiger partial charge on any atom is 1.00 e. The Hall–Kier alpha value is -1.21. The predicted octanol–water partition coefficient (Wildman–Crippen LogP) is -2.38.